The molecule has 0 spiro atoms. The van der Waals surface area contributed by atoms with E-state index in [0.717, 1.165) is 18.7 Å². The lowest BCUT2D eigenvalue weighted by atomic mass is 10.1. The molecular formula is C14H25N3O. The van der Waals surface area contributed by atoms with Crippen LogP contribution in [-0.4, -0.2) is 16.6 Å². The Bertz CT molecular complexity index is 342. The second kappa shape index (κ2) is 8.72. The molecule has 0 atom stereocenters. The van der Waals surface area contributed by atoms with E-state index in [1.807, 2.05) is 6.92 Å². The largest absolute Gasteiger partial charge is 0.478 e. The molecule has 0 saturated heterocycles. The van der Waals surface area contributed by atoms with Gasteiger partial charge in [-0.15, -0.1) is 0 Å². The predicted molar refractivity (Wildman–Crippen MR) is 74.7 cm³/mol. The van der Waals surface area contributed by atoms with E-state index in [2.05, 4.69) is 16.9 Å². The number of aryl methyl sites for hydroxylation is 1. The van der Waals surface area contributed by atoms with Crippen LogP contribution in [0.3, 0.4) is 0 Å². The number of hydrogen-bond donors (Lipinski definition) is 1. The number of anilines is 1. The maximum absolute atomic E-state index is 5.69. The van der Waals surface area contributed by atoms with Crippen LogP contribution < -0.4 is 10.5 Å². The molecule has 1 rings (SSSR count). The van der Waals surface area contributed by atoms with Gasteiger partial charge in [0.15, 0.2) is 0 Å². The Labute approximate surface area is 110 Å². The van der Waals surface area contributed by atoms with Crippen molar-refractivity contribution in [2.45, 2.75) is 58.8 Å². The molecule has 4 nitrogen and oxygen atoms in total. The van der Waals surface area contributed by atoms with Crippen molar-refractivity contribution in [3.05, 3.63) is 11.9 Å². The fourth-order valence-corrected chi connectivity index (χ4v) is 1.78. The molecule has 18 heavy (non-hydrogen) atoms. The highest BCUT2D eigenvalue weighted by Crippen LogP contribution is 2.12. The average molecular weight is 251 g/mol. The highest BCUT2D eigenvalue weighted by atomic mass is 16.5. The lowest BCUT2D eigenvalue weighted by Crippen LogP contribution is -2.04. The average Bonchev–Trinajstić information content (AvgIpc) is 2.37. The standard InChI is InChI=1S/C14H25N3O/c1-3-5-6-7-8-9-10-18-14-11-12(15)16-13(4-2)17-14/h11H,3-10H2,1-2H3,(H2,15,16,17). The highest BCUT2D eigenvalue weighted by Gasteiger charge is 2.01. The number of nitrogens with zero attached hydrogens (tertiary/aromatic N) is 2. The molecule has 0 amide bonds. The fourth-order valence-electron chi connectivity index (χ4n) is 1.78. The zero-order valence-corrected chi connectivity index (χ0v) is 11.6. The molecule has 4 heteroatoms. The van der Waals surface area contributed by atoms with Crippen LogP contribution in [0.15, 0.2) is 6.07 Å². The molecule has 0 radical (unpaired) electrons. The van der Waals surface area contributed by atoms with Gasteiger partial charge >= 0.3 is 0 Å². The van der Waals surface area contributed by atoms with Gasteiger partial charge in [0, 0.05) is 12.5 Å². The molecule has 0 aliphatic heterocycles. The molecule has 0 aliphatic rings. The first-order valence-corrected chi connectivity index (χ1v) is 7.02. The molecule has 0 unspecified atom stereocenters. The van der Waals surface area contributed by atoms with Crippen molar-refractivity contribution in [2.75, 3.05) is 12.3 Å². The smallest absolute Gasteiger partial charge is 0.218 e. The summed E-state index contributed by atoms with van der Waals surface area (Å²) >= 11 is 0. The fraction of sp³-hybridized carbons (Fsp3) is 0.714. The summed E-state index contributed by atoms with van der Waals surface area (Å²) < 4.78 is 5.60. The molecule has 0 aliphatic carbocycles. The van der Waals surface area contributed by atoms with E-state index in [1.54, 1.807) is 6.07 Å². The van der Waals surface area contributed by atoms with Crippen molar-refractivity contribution in [1.29, 1.82) is 0 Å². The van der Waals surface area contributed by atoms with Gasteiger partial charge in [0.25, 0.3) is 0 Å². The Morgan fingerprint density at radius 1 is 1.06 bits per heavy atom. The molecule has 2 N–H and O–H groups in total. The van der Waals surface area contributed by atoms with Gasteiger partial charge in [-0.05, 0) is 6.42 Å². The normalized spacial score (nSPS) is 10.6. The number of aromatic nitrogens is 2. The molecule has 0 saturated carbocycles. The molecule has 1 aromatic rings. The van der Waals surface area contributed by atoms with Crippen LogP contribution in [-0.2, 0) is 6.42 Å². The molecule has 0 fully saturated rings. The van der Waals surface area contributed by atoms with Gasteiger partial charge in [0.1, 0.15) is 11.6 Å². The van der Waals surface area contributed by atoms with Gasteiger partial charge in [-0.25, -0.2) is 4.98 Å². The van der Waals surface area contributed by atoms with Crippen molar-refractivity contribution < 1.29 is 4.74 Å². The summed E-state index contributed by atoms with van der Waals surface area (Å²) in [5.41, 5.74) is 5.69. The van der Waals surface area contributed by atoms with E-state index in [0.29, 0.717) is 18.3 Å². The second-order valence-electron chi connectivity index (χ2n) is 4.52. The third-order valence-corrected chi connectivity index (χ3v) is 2.83. The Morgan fingerprint density at radius 3 is 2.50 bits per heavy atom. The first-order chi connectivity index (χ1) is 8.76. The number of hydrogen-bond acceptors (Lipinski definition) is 4. The number of nitrogens with two attached hydrogens (primary N) is 1. The predicted octanol–water partition coefficient (Wildman–Crippen LogP) is 3.36. The van der Waals surface area contributed by atoms with Crippen LogP contribution in [0.1, 0.15) is 58.2 Å². The number of unbranched alkanes of at least 4 members (excludes halogenated alkanes) is 5. The highest BCUT2D eigenvalue weighted by molar-refractivity contribution is 5.32. The lowest BCUT2D eigenvalue weighted by molar-refractivity contribution is 0.292. The van der Waals surface area contributed by atoms with Gasteiger partial charge in [-0.1, -0.05) is 46.0 Å². The zero-order chi connectivity index (χ0) is 13.2. The zero-order valence-electron chi connectivity index (χ0n) is 11.6. The van der Waals surface area contributed by atoms with Crippen LogP contribution in [0.25, 0.3) is 0 Å². The van der Waals surface area contributed by atoms with Crippen molar-refractivity contribution >= 4 is 5.82 Å². The summed E-state index contributed by atoms with van der Waals surface area (Å²) in [5, 5.41) is 0. The van der Waals surface area contributed by atoms with Gasteiger partial charge < -0.3 is 10.5 Å². The third kappa shape index (κ3) is 5.84. The van der Waals surface area contributed by atoms with E-state index in [4.69, 9.17) is 10.5 Å². The van der Waals surface area contributed by atoms with E-state index in [-0.39, 0.29) is 0 Å². The summed E-state index contributed by atoms with van der Waals surface area (Å²) in [4.78, 5) is 8.40. The molecule has 0 aromatic carbocycles. The SMILES string of the molecule is CCCCCCCCOc1cc(N)nc(CC)n1. The summed E-state index contributed by atoms with van der Waals surface area (Å²) in [7, 11) is 0. The topological polar surface area (TPSA) is 61.0 Å². The molecular weight excluding hydrogens is 226 g/mol. The van der Waals surface area contributed by atoms with Crippen LogP contribution in [0.2, 0.25) is 0 Å². The van der Waals surface area contributed by atoms with E-state index in [1.165, 1.54) is 32.1 Å². The van der Waals surface area contributed by atoms with Gasteiger partial charge in [0.2, 0.25) is 5.88 Å². The molecule has 1 heterocycles. The van der Waals surface area contributed by atoms with Crippen LogP contribution in [0, 0.1) is 0 Å². The monoisotopic (exact) mass is 251 g/mol. The molecule has 0 bridgehead atoms. The van der Waals surface area contributed by atoms with Crippen molar-refractivity contribution in [2.24, 2.45) is 0 Å². The third-order valence-electron chi connectivity index (χ3n) is 2.83. The van der Waals surface area contributed by atoms with Crippen molar-refractivity contribution in [1.82, 2.24) is 9.97 Å². The minimum atomic E-state index is 0.486. The maximum atomic E-state index is 5.69. The first kappa shape index (κ1) is 14.7. The van der Waals surface area contributed by atoms with E-state index >= 15 is 0 Å². The Kier molecular flexibility index (Phi) is 7.14. The molecule has 102 valence electrons. The summed E-state index contributed by atoms with van der Waals surface area (Å²) in [6.45, 7) is 4.95. The lowest BCUT2D eigenvalue weighted by Gasteiger charge is -2.07. The Morgan fingerprint density at radius 2 is 1.78 bits per heavy atom. The van der Waals surface area contributed by atoms with Crippen molar-refractivity contribution in [3.8, 4) is 5.88 Å². The summed E-state index contributed by atoms with van der Waals surface area (Å²) in [6, 6.07) is 1.69. The van der Waals surface area contributed by atoms with E-state index in [9.17, 15) is 0 Å². The van der Waals surface area contributed by atoms with Crippen LogP contribution in [0.4, 0.5) is 5.82 Å². The Balaban J connectivity index is 2.20. The number of rotatable bonds is 9. The van der Waals surface area contributed by atoms with Gasteiger partial charge in [-0.3, -0.25) is 0 Å². The van der Waals surface area contributed by atoms with Gasteiger partial charge in [-0.2, -0.15) is 4.98 Å². The van der Waals surface area contributed by atoms with Crippen LogP contribution >= 0.6 is 0 Å². The maximum Gasteiger partial charge on any atom is 0.218 e. The first-order valence-electron chi connectivity index (χ1n) is 7.02. The quantitative estimate of drug-likeness (QED) is 0.684. The second-order valence-corrected chi connectivity index (χ2v) is 4.52. The summed E-state index contributed by atoms with van der Waals surface area (Å²) in [5.74, 6) is 1.83. The van der Waals surface area contributed by atoms with Crippen molar-refractivity contribution in [3.63, 3.8) is 0 Å². The number of nitrogen functional groups attached to an aromatic ring is 1. The summed E-state index contributed by atoms with van der Waals surface area (Å²) in [6.07, 6.45) is 8.33. The number of ether oxygens (including phenoxy) is 1. The van der Waals surface area contributed by atoms with Gasteiger partial charge in [0.05, 0.1) is 6.61 Å². The minimum absolute atomic E-state index is 0.486. The van der Waals surface area contributed by atoms with E-state index < -0.39 is 0 Å². The minimum Gasteiger partial charge on any atom is -0.478 e. The van der Waals surface area contributed by atoms with Crippen LogP contribution in [0.5, 0.6) is 5.88 Å². The molecule has 1 aromatic heterocycles. The Hall–Kier alpha value is -1.32.